The third kappa shape index (κ3) is 2.40. The first-order valence-electron chi connectivity index (χ1n) is 6.24. The molecule has 1 aliphatic heterocycles. The molecule has 1 heterocycles. The summed E-state index contributed by atoms with van der Waals surface area (Å²) in [6.07, 6.45) is 1.86. The minimum Gasteiger partial charge on any atom is -0.462 e. The van der Waals surface area contributed by atoms with Crippen LogP contribution in [0, 0.1) is 21.6 Å². The van der Waals surface area contributed by atoms with Gasteiger partial charge < -0.3 is 10.5 Å². The number of esters is 1. The van der Waals surface area contributed by atoms with E-state index in [-0.39, 0.29) is 36.5 Å². The Morgan fingerprint density at radius 3 is 2.83 bits per heavy atom. The van der Waals surface area contributed by atoms with Crippen LogP contribution in [-0.4, -0.2) is 30.7 Å². The van der Waals surface area contributed by atoms with Crippen molar-refractivity contribution >= 4 is 5.97 Å². The smallest absolute Gasteiger partial charge is 0.306 e. The maximum absolute atomic E-state index is 11.2. The molecule has 2 aliphatic rings. The number of ether oxygens (including phenoxy) is 1. The molecule has 7 heteroatoms. The first kappa shape index (κ1) is 13.1. The summed E-state index contributed by atoms with van der Waals surface area (Å²) in [5, 5.41) is 6.06. The summed E-state index contributed by atoms with van der Waals surface area (Å²) < 4.78 is 5.16. The lowest BCUT2D eigenvalue weighted by Crippen LogP contribution is -2.23. The Morgan fingerprint density at radius 1 is 1.44 bits per heavy atom. The highest BCUT2D eigenvalue weighted by atomic mass is 16.6. The summed E-state index contributed by atoms with van der Waals surface area (Å²) in [5.74, 6) is -0.136. The maximum Gasteiger partial charge on any atom is 0.306 e. The van der Waals surface area contributed by atoms with Crippen molar-refractivity contribution in [2.24, 2.45) is 27.9 Å². The summed E-state index contributed by atoms with van der Waals surface area (Å²) >= 11 is 0. The second-order valence-electron chi connectivity index (χ2n) is 5.04. The molecule has 0 bridgehead atoms. The average molecular weight is 255 g/mol. The zero-order valence-electron chi connectivity index (χ0n) is 10.0. The quantitative estimate of drug-likeness (QED) is 0.561. The van der Waals surface area contributed by atoms with Crippen LogP contribution in [-0.2, 0) is 9.53 Å². The number of rotatable bonds is 6. The van der Waals surface area contributed by atoms with Crippen molar-refractivity contribution in [3.8, 4) is 0 Å². The van der Waals surface area contributed by atoms with Crippen LogP contribution < -0.4 is 5.73 Å². The fraction of sp³-hybridized carbons (Fsp3) is 0.909. The van der Waals surface area contributed by atoms with E-state index in [0.29, 0.717) is 25.7 Å². The van der Waals surface area contributed by atoms with Gasteiger partial charge >= 0.3 is 5.97 Å². The van der Waals surface area contributed by atoms with E-state index >= 15 is 0 Å². The number of nitroso groups, excluding NO2 is 2. The molecular weight excluding hydrogens is 238 g/mol. The van der Waals surface area contributed by atoms with Crippen molar-refractivity contribution in [2.45, 2.75) is 43.9 Å². The van der Waals surface area contributed by atoms with Gasteiger partial charge in [0.15, 0.2) is 0 Å². The maximum atomic E-state index is 11.2. The fourth-order valence-corrected chi connectivity index (χ4v) is 3.10. The van der Waals surface area contributed by atoms with Crippen LogP contribution >= 0.6 is 0 Å². The van der Waals surface area contributed by atoms with Crippen LogP contribution in [0.1, 0.15) is 25.7 Å². The lowest BCUT2D eigenvalue weighted by Gasteiger charge is -2.19. The van der Waals surface area contributed by atoms with E-state index in [0.717, 1.165) is 0 Å². The monoisotopic (exact) mass is 255 g/mol. The van der Waals surface area contributed by atoms with Crippen molar-refractivity contribution in [3.63, 3.8) is 0 Å². The summed E-state index contributed by atoms with van der Waals surface area (Å²) in [6.45, 7) is 0.207. The van der Waals surface area contributed by atoms with Crippen LogP contribution in [0.3, 0.4) is 0 Å². The number of nitrogens with zero attached hydrogens (tertiary/aromatic N) is 2. The number of nitrogens with two attached hydrogens (primary N) is 1. The molecule has 0 aromatic rings. The minimum absolute atomic E-state index is 0.00903. The molecule has 0 radical (unpaired) electrons. The molecule has 2 N–H and O–H groups in total. The fourth-order valence-electron chi connectivity index (χ4n) is 3.10. The highest BCUT2D eigenvalue weighted by molar-refractivity contribution is 5.72. The van der Waals surface area contributed by atoms with Crippen LogP contribution in [0.25, 0.3) is 0 Å². The third-order valence-electron chi connectivity index (χ3n) is 4.07. The SMILES string of the molecule is NC[C@@H](CC[C@@H]1[C@H]2CC(=O)O[C@H]2C[C@H]1N=O)N=O. The van der Waals surface area contributed by atoms with Crippen LogP contribution in [0.15, 0.2) is 10.4 Å². The molecule has 7 nitrogen and oxygen atoms in total. The first-order valence-corrected chi connectivity index (χ1v) is 6.24. The van der Waals surface area contributed by atoms with Crippen LogP contribution in [0.4, 0.5) is 0 Å². The highest BCUT2D eigenvalue weighted by Crippen LogP contribution is 2.44. The van der Waals surface area contributed by atoms with Crippen molar-refractivity contribution in [3.05, 3.63) is 9.81 Å². The lowest BCUT2D eigenvalue weighted by atomic mass is 9.86. The largest absolute Gasteiger partial charge is 0.462 e. The Morgan fingerprint density at radius 2 is 2.22 bits per heavy atom. The molecule has 2 fully saturated rings. The molecule has 100 valence electrons. The molecule has 0 unspecified atom stereocenters. The molecule has 5 atom stereocenters. The van der Waals surface area contributed by atoms with Gasteiger partial charge in [-0.1, -0.05) is 10.4 Å². The van der Waals surface area contributed by atoms with E-state index in [4.69, 9.17) is 10.5 Å². The molecular formula is C11H17N3O4. The van der Waals surface area contributed by atoms with Gasteiger partial charge in [0.1, 0.15) is 12.1 Å². The van der Waals surface area contributed by atoms with Gasteiger partial charge in [0.25, 0.3) is 0 Å². The molecule has 0 aromatic carbocycles. The number of fused-ring (bicyclic) bond motifs is 1. The van der Waals surface area contributed by atoms with Gasteiger partial charge in [0.2, 0.25) is 0 Å². The van der Waals surface area contributed by atoms with Crippen LogP contribution in [0.2, 0.25) is 0 Å². The number of hydrogen-bond acceptors (Lipinski definition) is 7. The van der Waals surface area contributed by atoms with Gasteiger partial charge in [0, 0.05) is 18.9 Å². The molecule has 0 amide bonds. The molecule has 1 aliphatic carbocycles. The lowest BCUT2D eigenvalue weighted by molar-refractivity contribution is -0.141. The molecule has 0 aromatic heterocycles. The van der Waals surface area contributed by atoms with E-state index in [2.05, 4.69) is 10.4 Å². The second-order valence-corrected chi connectivity index (χ2v) is 5.04. The molecule has 1 saturated heterocycles. The van der Waals surface area contributed by atoms with Gasteiger partial charge in [-0.25, -0.2) is 0 Å². The zero-order valence-corrected chi connectivity index (χ0v) is 10.0. The predicted molar refractivity (Wildman–Crippen MR) is 63.5 cm³/mol. The Bertz CT molecular complexity index is 349. The summed E-state index contributed by atoms with van der Waals surface area (Å²) in [4.78, 5) is 32.5. The van der Waals surface area contributed by atoms with Crippen molar-refractivity contribution in [1.82, 2.24) is 0 Å². The number of carbonyl (C=O) groups excluding carboxylic acids is 1. The molecule has 18 heavy (non-hydrogen) atoms. The Balaban J connectivity index is 1.97. The Hall–Kier alpha value is -1.37. The summed E-state index contributed by atoms with van der Waals surface area (Å²) in [6, 6.07) is -0.743. The standard InChI is InChI=1S/C11H17N3O4/c12-5-6(13-16)1-2-7-8-3-11(15)18-10(8)4-9(7)14-17/h6-10H,1-5,12H2/t6-,7-,8-,9-,10+/m1/s1. The topological polar surface area (TPSA) is 111 Å². The zero-order chi connectivity index (χ0) is 13.1. The predicted octanol–water partition coefficient (Wildman–Crippen LogP) is 0.947. The van der Waals surface area contributed by atoms with Gasteiger partial charge in [0.05, 0.1) is 12.5 Å². The van der Waals surface area contributed by atoms with Gasteiger partial charge in [-0.2, -0.15) is 9.81 Å². The van der Waals surface area contributed by atoms with Gasteiger partial charge in [-0.3, -0.25) is 4.79 Å². The van der Waals surface area contributed by atoms with E-state index in [1.165, 1.54) is 0 Å². The minimum atomic E-state index is -0.422. The van der Waals surface area contributed by atoms with Gasteiger partial charge in [-0.15, -0.1) is 0 Å². The highest BCUT2D eigenvalue weighted by Gasteiger charge is 2.50. The van der Waals surface area contributed by atoms with Crippen molar-refractivity contribution < 1.29 is 9.53 Å². The first-order chi connectivity index (χ1) is 8.69. The van der Waals surface area contributed by atoms with Crippen molar-refractivity contribution in [2.75, 3.05) is 6.54 Å². The average Bonchev–Trinajstić information content (AvgIpc) is 2.87. The van der Waals surface area contributed by atoms with E-state index in [1.54, 1.807) is 0 Å². The van der Waals surface area contributed by atoms with Gasteiger partial charge in [-0.05, 0) is 18.8 Å². The molecule has 2 rings (SSSR count). The van der Waals surface area contributed by atoms with Crippen LogP contribution in [0.5, 0.6) is 0 Å². The van der Waals surface area contributed by atoms with E-state index in [1.807, 2.05) is 0 Å². The van der Waals surface area contributed by atoms with E-state index < -0.39 is 6.04 Å². The normalized spacial score (nSPS) is 35.9. The molecule has 0 spiro atoms. The number of carbonyl (C=O) groups is 1. The Labute approximate surface area is 104 Å². The van der Waals surface area contributed by atoms with Crippen molar-refractivity contribution in [1.29, 1.82) is 0 Å². The molecule has 1 saturated carbocycles. The van der Waals surface area contributed by atoms with E-state index in [9.17, 15) is 14.6 Å². The summed E-state index contributed by atoms with van der Waals surface area (Å²) in [5.41, 5.74) is 5.41. The third-order valence-corrected chi connectivity index (χ3v) is 4.07. The number of hydrogen-bond donors (Lipinski definition) is 1. The second kappa shape index (κ2) is 5.51. The summed E-state index contributed by atoms with van der Waals surface area (Å²) in [7, 11) is 0. The Kier molecular flexibility index (Phi) is 4.00.